The zero-order valence-corrected chi connectivity index (χ0v) is 13.1. The van der Waals surface area contributed by atoms with E-state index in [4.69, 9.17) is 5.41 Å². The molecule has 0 aliphatic rings. The minimum Gasteiger partial charge on any atom is -0.337 e. The lowest BCUT2D eigenvalue weighted by Gasteiger charge is -2.11. The van der Waals surface area contributed by atoms with E-state index in [2.05, 4.69) is 13.2 Å². The second-order valence-corrected chi connectivity index (χ2v) is 2.32. The molecule has 0 saturated carbocycles. The molecule has 1 N–H and O–H groups in total. The fraction of sp³-hybridized carbons (Fsp3) is 0.533. The third-order valence-corrected chi connectivity index (χ3v) is 1.36. The Morgan fingerprint density at radius 1 is 1.06 bits per heavy atom. The quantitative estimate of drug-likeness (QED) is 0.405. The Bertz CT molecular complexity index is 203. The normalized spacial score (nSPS) is 7.88. The smallest absolute Gasteiger partial charge is 0.0859 e. The molecule has 17 heavy (non-hydrogen) atoms. The van der Waals surface area contributed by atoms with E-state index in [9.17, 15) is 0 Å². The molecule has 0 spiro atoms. The van der Waals surface area contributed by atoms with E-state index < -0.39 is 0 Å². The minimum atomic E-state index is 0.789. The summed E-state index contributed by atoms with van der Waals surface area (Å²) >= 11 is 0. The Hall–Kier alpha value is -1.31. The molecular formula is C15H32N2. The van der Waals surface area contributed by atoms with Gasteiger partial charge in [-0.1, -0.05) is 60.8 Å². The van der Waals surface area contributed by atoms with E-state index in [0.717, 1.165) is 11.3 Å². The van der Waals surface area contributed by atoms with Crippen molar-refractivity contribution in [3.05, 3.63) is 36.6 Å². The molecular weight excluding hydrogens is 208 g/mol. The third kappa shape index (κ3) is 20.7. The number of nitrogens with one attached hydrogen (secondary N) is 1. The number of hydrogen-bond donors (Lipinski definition) is 1. The molecule has 0 saturated heterocycles. The van der Waals surface area contributed by atoms with Crippen LogP contribution in [0.25, 0.3) is 0 Å². The van der Waals surface area contributed by atoms with Crippen LogP contribution in [0.1, 0.15) is 48.5 Å². The predicted molar refractivity (Wildman–Crippen MR) is 83.7 cm³/mol. The van der Waals surface area contributed by atoms with Crippen LogP contribution in [-0.4, -0.2) is 18.3 Å². The Kier molecular flexibility index (Phi) is 35.1. The van der Waals surface area contributed by atoms with E-state index in [1.54, 1.807) is 18.0 Å². The summed E-state index contributed by atoms with van der Waals surface area (Å²) in [6, 6.07) is 0. The van der Waals surface area contributed by atoms with Gasteiger partial charge in [0.05, 0.1) is 6.34 Å². The highest BCUT2D eigenvalue weighted by atomic mass is 15.1. The zero-order chi connectivity index (χ0) is 14.9. The lowest BCUT2D eigenvalue weighted by Crippen LogP contribution is -2.12. The lowest BCUT2D eigenvalue weighted by atomic mass is 10.2. The molecule has 0 unspecified atom stereocenters. The van der Waals surface area contributed by atoms with Crippen LogP contribution >= 0.6 is 0 Å². The van der Waals surface area contributed by atoms with Crippen molar-refractivity contribution in [3.63, 3.8) is 0 Å². The van der Waals surface area contributed by atoms with Gasteiger partial charge in [0.2, 0.25) is 0 Å². The molecule has 0 bridgehead atoms. The van der Waals surface area contributed by atoms with Crippen molar-refractivity contribution in [2.24, 2.45) is 0 Å². The van der Waals surface area contributed by atoms with Crippen LogP contribution < -0.4 is 0 Å². The van der Waals surface area contributed by atoms with E-state index in [1.807, 2.05) is 54.5 Å². The molecule has 0 aromatic rings. The molecule has 0 atom stereocenters. The average molecular weight is 240 g/mol. The highest BCUT2D eigenvalue weighted by Gasteiger charge is 1.92. The van der Waals surface area contributed by atoms with Crippen LogP contribution in [0, 0.1) is 5.41 Å². The van der Waals surface area contributed by atoms with Gasteiger partial charge in [-0.2, -0.15) is 0 Å². The second-order valence-electron chi connectivity index (χ2n) is 2.32. The molecule has 0 aliphatic carbocycles. The first kappa shape index (κ1) is 24.8. The van der Waals surface area contributed by atoms with Gasteiger partial charge >= 0.3 is 0 Å². The number of allylic oxidation sites excluding steroid dienone is 3. The Balaban J connectivity index is -0.000000121. The maximum Gasteiger partial charge on any atom is 0.0859 e. The summed E-state index contributed by atoms with van der Waals surface area (Å²) < 4.78 is 0. The van der Waals surface area contributed by atoms with Gasteiger partial charge in [-0.25, -0.2) is 0 Å². The molecule has 102 valence electrons. The first-order valence-electron chi connectivity index (χ1n) is 6.35. The van der Waals surface area contributed by atoms with E-state index >= 15 is 0 Å². The standard InChI is InChI=1S/C9H14N2.3C2H6/c1-5-8(2)6-9(3)11(4)7-10;3*1-2/h5-7,10H,1,3H2,2,4H3;3*1-2H3/b8-6-,10-7?;;;. The van der Waals surface area contributed by atoms with Crippen molar-refractivity contribution >= 4 is 6.34 Å². The van der Waals surface area contributed by atoms with Crippen molar-refractivity contribution in [3.8, 4) is 0 Å². The van der Waals surface area contributed by atoms with E-state index in [1.165, 1.54) is 6.34 Å². The lowest BCUT2D eigenvalue weighted by molar-refractivity contribution is 0.666. The Morgan fingerprint density at radius 3 is 1.65 bits per heavy atom. The van der Waals surface area contributed by atoms with Crippen molar-refractivity contribution in [2.45, 2.75) is 48.5 Å². The Morgan fingerprint density at radius 2 is 1.41 bits per heavy atom. The van der Waals surface area contributed by atoms with Crippen molar-refractivity contribution in [1.82, 2.24) is 4.90 Å². The number of hydrogen-bond acceptors (Lipinski definition) is 1. The van der Waals surface area contributed by atoms with Crippen LogP contribution in [0.2, 0.25) is 0 Å². The average Bonchev–Trinajstić information content (AvgIpc) is 2.44. The van der Waals surface area contributed by atoms with Crippen LogP contribution in [0.15, 0.2) is 36.6 Å². The molecule has 0 rings (SSSR count). The first-order valence-corrected chi connectivity index (χ1v) is 6.35. The first-order chi connectivity index (χ1) is 8.11. The van der Waals surface area contributed by atoms with Gasteiger partial charge in [0.1, 0.15) is 0 Å². The van der Waals surface area contributed by atoms with Gasteiger partial charge in [0.15, 0.2) is 0 Å². The fourth-order valence-corrected chi connectivity index (χ4v) is 0.506. The van der Waals surface area contributed by atoms with Gasteiger partial charge in [-0.05, 0) is 18.6 Å². The largest absolute Gasteiger partial charge is 0.337 e. The number of rotatable bonds is 4. The minimum absolute atomic E-state index is 0.789. The summed E-state index contributed by atoms with van der Waals surface area (Å²) in [7, 11) is 1.78. The van der Waals surface area contributed by atoms with Crippen LogP contribution in [0.3, 0.4) is 0 Å². The van der Waals surface area contributed by atoms with Gasteiger partial charge in [-0.15, -0.1) is 0 Å². The summed E-state index contributed by atoms with van der Waals surface area (Å²) in [5, 5.41) is 6.93. The van der Waals surface area contributed by atoms with Gasteiger partial charge < -0.3 is 4.90 Å². The molecule has 0 aliphatic heterocycles. The van der Waals surface area contributed by atoms with Crippen molar-refractivity contribution < 1.29 is 0 Å². The monoisotopic (exact) mass is 240 g/mol. The van der Waals surface area contributed by atoms with Crippen LogP contribution in [0.4, 0.5) is 0 Å². The molecule has 0 aromatic carbocycles. The molecule has 0 aromatic heterocycles. The van der Waals surface area contributed by atoms with Gasteiger partial charge in [0, 0.05) is 12.7 Å². The SMILES string of the molecule is C=C/C(C)=C\C(=C)N(C)C=N.CC.CC.CC. The highest BCUT2D eigenvalue weighted by molar-refractivity contribution is 5.55. The van der Waals surface area contributed by atoms with Crippen LogP contribution in [0.5, 0.6) is 0 Å². The zero-order valence-electron chi connectivity index (χ0n) is 13.1. The topological polar surface area (TPSA) is 27.1 Å². The molecule has 2 heteroatoms. The summed E-state index contributed by atoms with van der Waals surface area (Å²) in [4.78, 5) is 1.63. The van der Waals surface area contributed by atoms with Crippen LogP contribution in [-0.2, 0) is 0 Å². The van der Waals surface area contributed by atoms with E-state index in [-0.39, 0.29) is 0 Å². The number of nitrogens with zero attached hydrogens (tertiary/aromatic N) is 1. The van der Waals surface area contributed by atoms with Crippen molar-refractivity contribution in [1.29, 1.82) is 5.41 Å². The number of likely N-dealkylation sites (N-methyl/N-ethyl adjacent to an activating group) is 1. The summed E-state index contributed by atoms with van der Waals surface area (Å²) in [6.07, 6.45) is 4.84. The fourth-order valence-electron chi connectivity index (χ4n) is 0.506. The summed E-state index contributed by atoms with van der Waals surface area (Å²) in [5.74, 6) is 0. The summed E-state index contributed by atoms with van der Waals surface area (Å²) in [5.41, 5.74) is 1.83. The molecule has 0 heterocycles. The maximum atomic E-state index is 6.93. The van der Waals surface area contributed by atoms with Crippen molar-refractivity contribution in [2.75, 3.05) is 7.05 Å². The maximum absolute atomic E-state index is 6.93. The Labute approximate surface area is 109 Å². The molecule has 0 radical (unpaired) electrons. The van der Waals surface area contributed by atoms with Gasteiger partial charge in [0.25, 0.3) is 0 Å². The molecule has 0 amide bonds. The highest BCUT2D eigenvalue weighted by Crippen LogP contribution is 2.02. The molecule has 2 nitrogen and oxygen atoms in total. The summed E-state index contributed by atoms with van der Waals surface area (Å²) in [6.45, 7) is 21.3. The predicted octanol–water partition coefficient (Wildman–Crippen LogP) is 5.25. The second kappa shape index (κ2) is 24.1. The van der Waals surface area contributed by atoms with E-state index in [0.29, 0.717) is 0 Å². The van der Waals surface area contributed by atoms with Gasteiger partial charge in [-0.3, -0.25) is 5.41 Å². The molecule has 0 fully saturated rings. The third-order valence-electron chi connectivity index (χ3n) is 1.36.